The van der Waals surface area contributed by atoms with E-state index in [2.05, 4.69) is 10.3 Å². The molecule has 0 unspecified atom stereocenters. The number of likely N-dealkylation sites (N-methyl/N-ethyl adjacent to an activating group) is 1. The second kappa shape index (κ2) is 11.1. The molecule has 1 aliphatic rings. The second-order valence-electron chi connectivity index (χ2n) is 10.1. The van der Waals surface area contributed by atoms with Gasteiger partial charge in [0.1, 0.15) is 28.5 Å². The minimum Gasteiger partial charge on any atom is -0.496 e. The van der Waals surface area contributed by atoms with E-state index in [0.717, 1.165) is 10.6 Å². The largest absolute Gasteiger partial charge is 0.496 e. The number of nitrogens with one attached hydrogen (secondary N) is 1. The van der Waals surface area contributed by atoms with Gasteiger partial charge in [-0.2, -0.15) is 0 Å². The van der Waals surface area contributed by atoms with Crippen LogP contribution in [0.15, 0.2) is 67.0 Å². The molecule has 0 fully saturated rings. The van der Waals surface area contributed by atoms with Crippen molar-refractivity contribution in [3.63, 3.8) is 0 Å². The number of methoxy groups -OCH3 is 1. The smallest absolute Gasteiger partial charge is 0.348 e. The molecule has 0 atom stereocenters. The van der Waals surface area contributed by atoms with Crippen molar-refractivity contribution in [2.75, 3.05) is 24.4 Å². The third kappa shape index (κ3) is 5.51. The molecule has 210 valence electrons. The Bertz CT molecular complexity index is 1650. The zero-order valence-corrected chi connectivity index (χ0v) is 24.1. The summed E-state index contributed by atoms with van der Waals surface area (Å²) in [5.41, 5.74) is 2.83. The molecule has 10 heteroatoms. The van der Waals surface area contributed by atoms with Gasteiger partial charge in [0.2, 0.25) is 0 Å². The van der Waals surface area contributed by atoms with Crippen LogP contribution in [-0.2, 0) is 16.1 Å². The highest BCUT2D eigenvalue weighted by molar-refractivity contribution is 7.13. The van der Waals surface area contributed by atoms with Gasteiger partial charge in [-0.15, -0.1) is 11.3 Å². The fourth-order valence-electron chi connectivity index (χ4n) is 4.79. The number of aryl methyl sites for hydroxylation is 1. The summed E-state index contributed by atoms with van der Waals surface area (Å²) in [7, 11) is 3.22. The van der Waals surface area contributed by atoms with Crippen LogP contribution in [0.4, 0.5) is 11.4 Å². The predicted octanol–water partition coefficient (Wildman–Crippen LogP) is 5.87. The Kier molecular flexibility index (Phi) is 7.51. The third-order valence-corrected chi connectivity index (χ3v) is 7.75. The number of fused-ring (bicyclic) bond motifs is 1. The molecule has 2 aromatic heterocycles. The van der Waals surface area contributed by atoms with Crippen LogP contribution in [0.25, 0.3) is 11.1 Å². The van der Waals surface area contributed by atoms with Crippen LogP contribution in [0.2, 0.25) is 0 Å². The fourth-order valence-corrected chi connectivity index (χ4v) is 5.55. The number of anilines is 2. The molecule has 2 aromatic carbocycles. The molecule has 5 rings (SSSR count). The monoisotopic (exact) mass is 571 g/mol. The topological polar surface area (TPSA) is 107 Å². The van der Waals surface area contributed by atoms with Gasteiger partial charge >= 0.3 is 11.9 Å². The first kappa shape index (κ1) is 27.9. The molecule has 4 aromatic rings. The number of pyridine rings is 1. The summed E-state index contributed by atoms with van der Waals surface area (Å²) in [4.78, 5) is 45.8. The molecule has 0 radical (unpaired) electrons. The van der Waals surface area contributed by atoms with Gasteiger partial charge in [-0.05, 0) is 68.8 Å². The molecule has 3 heterocycles. The van der Waals surface area contributed by atoms with Crippen molar-refractivity contribution in [3.05, 3.63) is 87.9 Å². The lowest BCUT2D eigenvalue weighted by molar-refractivity contribution is -0.121. The van der Waals surface area contributed by atoms with Gasteiger partial charge in [-0.3, -0.25) is 9.78 Å². The quantitative estimate of drug-likeness (QED) is 0.217. The Balaban J connectivity index is 1.55. The highest BCUT2D eigenvalue weighted by Gasteiger charge is 2.39. The molecule has 0 saturated heterocycles. The number of amides is 1. The van der Waals surface area contributed by atoms with Gasteiger partial charge in [0, 0.05) is 41.5 Å². The Hall–Kier alpha value is -4.70. The lowest BCUT2D eigenvalue weighted by atomic mass is 9.91. The number of carbonyl (C=O) groups is 3. The van der Waals surface area contributed by atoms with E-state index in [0.29, 0.717) is 38.6 Å². The summed E-state index contributed by atoms with van der Waals surface area (Å²) in [5.74, 6) is -0.412. The number of aromatic nitrogens is 1. The van der Waals surface area contributed by atoms with E-state index in [-0.39, 0.29) is 18.3 Å². The number of ether oxygens (including phenoxy) is 3. The Labute approximate surface area is 241 Å². The first-order valence-corrected chi connectivity index (χ1v) is 13.7. The molecule has 1 amide bonds. The number of benzene rings is 2. The van der Waals surface area contributed by atoms with Crippen LogP contribution in [-0.4, -0.2) is 42.5 Å². The van der Waals surface area contributed by atoms with Crippen LogP contribution >= 0.6 is 11.3 Å². The van der Waals surface area contributed by atoms with Crippen molar-refractivity contribution in [3.8, 4) is 22.6 Å². The summed E-state index contributed by atoms with van der Waals surface area (Å²) in [6, 6.07) is 15.7. The minimum atomic E-state index is -0.816. The molecule has 0 saturated carbocycles. The molecular formula is C31H29N3O6S. The van der Waals surface area contributed by atoms with Gasteiger partial charge < -0.3 is 24.4 Å². The molecule has 1 aliphatic heterocycles. The number of hydrogen-bond donors (Lipinski definition) is 1. The first-order chi connectivity index (χ1) is 19.6. The SMILES string of the molecule is COc1cc(OC(=O)c2cccnc2)ccc1-c1ccc2c(c1COC(=O)c1ccc(C)s1)N(C)C(=O)C(C)(C)N2. The number of nitrogens with zero attached hydrogens (tertiary/aromatic N) is 2. The van der Waals surface area contributed by atoms with Crippen LogP contribution in [0.5, 0.6) is 11.5 Å². The lowest BCUT2D eigenvalue weighted by Gasteiger charge is -2.39. The van der Waals surface area contributed by atoms with Crippen molar-refractivity contribution >= 4 is 40.6 Å². The number of thiophene rings is 1. The van der Waals surface area contributed by atoms with Crippen LogP contribution in [0.3, 0.4) is 0 Å². The Morgan fingerprint density at radius 3 is 2.51 bits per heavy atom. The van der Waals surface area contributed by atoms with E-state index in [1.54, 1.807) is 54.5 Å². The Morgan fingerprint density at radius 2 is 1.83 bits per heavy atom. The van der Waals surface area contributed by atoms with Crippen LogP contribution < -0.4 is 19.7 Å². The molecule has 1 N–H and O–H groups in total. The van der Waals surface area contributed by atoms with Gasteiger partial charge in [0.25, 0.3) is 5.91 Å². The van der Waals surface area contributed by atoms with Crippen LogP contribution in [0, 0.1) is 6.92 Å². The van der Waals surface area contributed by atoms with Crippen LogP contribution in [0.1, 0.15) is 44.3 Å². The first-order valence-electron chi connectivity index (χ1n) is 12.9. The maximum atomic E-state index is 13.2. The van der Waals surface area contributed by atoms with Gasteiger partial charge in [-0.25, -0.2) is 9.59 Å². The second-order valence-corrected chi connectivity index (χ2v) is 11.4. The average Bonchev–Trinajstić information content (AvgIpc) is 3.41. The Morgan fingerprint density at radius 1 is 1.05 bits per heavy atom. The fraction of sp³-hybridized carbons (Fsp3) is 0.226. The normalized spacial score (nSPS) is 13.7. The van der Waals surface area contributed by atoms with Crippen molar-refractivity contribution < 1.29 is 28.6 Å². The maximum absolute atomic E-state index is 13.2. The zero-order valence-electron chi connectivity index (χ0n) is 23.3. The van der Waals surface area contributed by atoms with Crippen molar-refractivity contribution in [1.29, 1.82) is 0 Å². The average molecular weight is 572 g/mol. The van der Waals surface area contributed by atoms with Crippen molar-refractivity contribution in [2.24, 2.45) is 0 Å². The number of rotatable bonds is 7. The van der Waals surface area contributed by atoms with E-state index < -0.39 is 17.5 Å². The summed E-state index contributed by atoms with van der Waals surface area (Å²) in [6.45, 7) is 5.46. The standard InChI is InChI=1S/C31H29N3O6S/c1-18-8-13-26(41-18)29(36)39-17-23-21(11-12-24-27(23)34(4)30(37)31(2,3)33-24)22-10-9-20(15-25(22)38-5)40-28(35)19-7-6-14-32-16-19/h6-16,33H,17H2,1-5H3. The zero-order chi connectivity index (χ0) is 29.3. The minimum absolute atomic E-state index is 0.0884. The van der Waals surface area contributed by atoms with E-state index in [9.17, 15) is 14.4 Å². The number of hydrogen-bond acceptors (Lipinski definition) is 9. The summed E-state index contributed by atoms with van der Waals surface area (Å²) in [5, 5.41) is 3.31. The van der Waals surface area contributed by atoms with Crippen molar-refractivity contribution in [1.82, 2.24) is 4.98 Å². The number of esters is 2. The van der Waals surface area contributed by atoms with Gasteiger partial charge in [0.15, 0.2) is 0 Å². The predicted molar refractivity (Wildman–Crippen MR) is 157 cm³/mol. The molecule has 9 nitrogen and oxygen atoms in total. The molecule has 41 heavy (non-hydrogen) atoms. The molecular weight excluding hydrogens is 542 g/mol. The number of carbonyl (C=O) groups excluding carboxylic acids is 3. The highest BCUT2D eigenvalue weighted by atomic mass is 32.1. The summed E-state index contributed by atoms with van der Waals surface area (Å²) < 4.78 is 17.0. The molecule has 0 bridgehead atoms. The van der Waals surface area contributed by atoms with Crippen molar-refractivity contribution in [2.45, 2.75) is 32.9 Å². The lowest BCUT2D eigenvalue weighted by Crippen LogP contribution is -2.52. The summed E-state index contributed by atoms with van der Waals surface area (Å²) >= 11 is 1.36. The highest BCUT2D eigenvalue weighted by Crippen LogP contribution is 2.45. The third-order valence-electron chi connectivity index (χ3n) is 6.76. The van der Waals surface area contributed by atoms with E-state index in [1.165, 1.54) is 24.6 Å². The molecule has 0 aliphatic carbocycles. The van der Waals surface area contributed by atoms with E-state index in [4.69, 9.17) is 14.2 Å². The van der Waals surface area contributed by atoms with Gasteiger partial charge in [0.05, 0.1) is 24.0 Å². The van der Waals surface area contributed by atoms with Gasteiger partial charge in [-0.1, -0.05) is 6.07 Å². The van der Waals surface area contributed by atoms with E-state index >= 15 is 0 Å². The summed E-state index contributed by atoms with van der Waals surface area (Å²) in [6.07, 6.45) is 3.00. The maximum Gasteiger partial charge on any atom is 0.348 e. The molecule has 0 spiro atoms. The van der Waals surface area contributed by atoms with E-state index in [1.807, 2.05) is 39.0 Å².